The predicted octanol–water partition coefficient (Wildman–Crippen LogP) is 1.22. The zero-order valence-corrected chi connectivity index (χ0v) is 12.7. The van der Waals surface area contributed by atoms with Crippen LogP contribution in [0.25, 0.3) is 0 Å². The Morgan fingerprint density at radius 3 is 2.53 bits per heavy atom. The standard InChI is InChI=1S/C15H29N3O/c1-12(18-9-7-16-8-10-18)14(19)17-11-15(2,3)13-5-4-6-13/h12-13,16H,4-11H2,1-3H3,(H,17,19). The number of nitrogens with zero attached hydrogens (tertiary/aromatic N) is 1. The minimum Gasteiger partial charge on any atom is -0.354 e. The van der Waals surface area contributed by atoms with Crippen LogP contribution in [-0.2, 0) is 4.79 Å². The third kappa shape index (κ3) is 3.69. The SMILES string of the molecule is CC(C(=O)NCC(C)(C)C1CCC1)N1CCNCC1. The van der Waals surface area contributed by atoms with E-state index in [4.69, 9.17) is 0 Å². The molecule has 0 aromatic rings. The summed E-state index contributed by atoms with van der Waals surface area (Å²) in [7, 11) is 0. The predicted molar refractivity (Wildman–Crippen MR) is 78.0 cm³/mol. The molecule has 0 spiro atoms. The fraction of sp³-hybridized carbons (Fsp3) is 0.933. The third-order valence-electron chi connectivity index (χ3n) is 5.01. The summed E-state index contributed by atoms with van der Waals surface area (Å²) in [5, 5.41) is 6.49. The first kappa shape index (κ1) is 14.8. The van der Waals surface area contributed by atoms with Crippen molar-refractivity contribution < 1.29 is 4.79 Å². The molecule has 1 aliphatic heterocycles. The van der Waals surface area contributed by atoms with Crippen molar-refractivity contribution in [2.24, 2.45) is 11.3 Å². The number of rotatable bonds is 5. The van der Waals surface area contributed by atoms with E-state index in [0.29, 0.717) is 0 Å². The van der Waals surface area contributed by atoms with Gasteiger partial charge in [0.1, 0.15) is 0 Å². The van der Waals surface area contributed by atoms with Gasteiger partial charge in [0.25, 0.3) is 0 Å². The molecule has 0 radical (unpaired) electrons. The second kappa shape index (κ2) is 6.23. The molecule has 0 aromatic carbocycles. The molecule has 0 aromatic heterocycles. The van der Waals surface area contributed by atoms with Crippen LogP contribution in [0.3, 0.4) is 0 Å². The molecule has 19 heavy (non-hydrogen) atoms. The molecule has 1 aliphatic carbocycles. The molecule has 2 rings (SSSR count). The van der Waals surface area contributed by atoms with Crippen molar-refractivity contribution in [3.63, 3.8) is 0 Å². The lowest BCUT2D eigenvalue weighted by Crippen LogP contribution is -2.54. The number of carbonyl (C=O) groups is 1. The van der Waals surface area contributed by atoms with E-state index in [9.17, 15) is 4.79 Å². The summed E-state index contributed by atoms with van der Waals surface area (Å²) in [6.45, 7) is 11.3. The highest BCUT2D eigenvalue weighted by Crippen LogP contribution is 2.41. The Hall–Kier alpha value is -0.610. The maximum Gasteiger partial charge on any atom is 0.237 e. The topological polar surface area (TPSA) is 44.4 Å². The molecule has 2 fully saturated rings. The van der Waals surface area contributed by atoms with Crippen LogP contribution in [0.2, 0.25) is 0 Å². The molecule has 1 amide bonds. The van der Waals surface area contributed by atoms with Crippen LogP contribution < -0.4 is 10.6 Å². The van der Waals surface area contributed by atoms with Gasteiger partial charge in [-0.1, -0.05) is 20.3 Å². The molecule has 4 nitrogen and oxygen atoms in total. The first-order valence-electron chi connectivity index (χ1n) is 7.73. The minimum atomic E-state index is -0.000657. The van der Waals surface area contributed by atoms with Crippen molar-refractivity contribution in [3.8, 4) is 0 Å². The lowest BCUT2D eigenvalue weighted by molar-refractivity contribution is -0.126. The van der Waals surface area contributed by atoms with E-state index in [1.807, 2.05) is 6.92 Å². The Morgan fingerprint density at radius 2 is 2.00 bits per heavy atom. The van der Waals surface area contributed by atoms with E-state index < -0.39 is 0 Å². The Bertz CT molecular complexity index is 307. The quantitative estimate of drug-likeness (QED) is 0.787. The maximum atomic E-state index is 12.2. The van der Waals surface area contributed by atoms with Crippen molar-refractivity contribution in [2.45, 2.75) is 46.1 Å². The van der Waals surface area contributed by atoms with Crippen LogP contribution in [0, 0.1) is 11.3 Å². The van der Waals surface area contributed by atoms with Crippen LogP contribution in [0.1, 0.15) is 40.0 Å². The molecule has 0 bridgehead atoms. The number of hydrogen-bond acceptors (Lipinski definition) is 3. The summed E-state index contributed by atoms with van der Waals surface area (Å²) in [6.07, 6.45) is 4.02. The highest BCUT2D eigenvalue weighted by Gasteiger charge is 2.34. The average molecular weight is 267 g/mol. The molecule has 1 saturated heterocycles. The maximum absolute atomic E-state index is 12.2. The van der Waals surface area contributed by atoms with Gasteiger partial charge in [-0.25, -0.2) is 0 Å². The molecule has 2 aliphatic rings. The summed E-state index contributed by atoms with van der Waals surface area (Å²) in [4.78, 5) is 14.5. The van der Waals surface area contributed by atoms with Crippen LogP contribution in [0.4, 0.5) is 0 Å². The van der Waals surface area contributed by atoms with Gasteiger partial charge in [0.05, 0.1) is 6.04 Å². The molecule has 4 heteroatoms. The number of hydrogen-bond donors (Lipinski definition) is 2. The van der Waals surface area contributed by atoms with E-state index in [2.05, 4.69) is 29.4 Å². The molecular weight excluding hydrogens is 238 g/mol. The minimum absolute atomic E-state index is 0.000657. The monoisotopic (exact) mass is 267 g/mol. The van der Waals surface area contributed by atoms with Crippen molar-refractivity contribution in [1.82, 2.24) is 15.5 Å². The third-order valence-corrected chi connectivity index (χ3v) is 5.01. The van der Waals surface area contributed by atoms with Gasteiger partial charge in [0.2, 0.25) is 5.91 Å². The zero-order valence-electron chi connectivity index (χ0n) is 12.7. The van der Waals surface area contributed by atoms with Crippen molar-refractivity contribution in [3.05, 3.63) is 0 Å². The van der Waals surface area contributed by atoms with Gasteiger partial charge in [0.15, 0.2) is 0 Å². The number of amides is 1. The Morgan fingerprint density at radius 1 is 1.37 bits per heavy atom. The van der Waals surface area contributed by atoms with Gasteiger partial charge in [-0.2, -0.15) is 0 Å². The van der Waals surface area contributed by atoms with Crippen LogP contribution in [0.5, 0.6) is 0 Å². The average Bonchev–Trinajstić information content (AvgIpc) is 2.33. The molecule has 2 N–H and O–H groups in total. The molecule has 1 heterocycles. The normalized spacial score (nSPS) is 23.7. The van der Waals surface area contributed by atoms with Crippen LogP contribution in [0.15, 0.2) is 0 Å². The number of piperazine rings is 1. The second-order valence-electron chi connectivity index (χ2n) is 6.80. The Balaban J connectivity index is 1.76. The summed E-state index contributed by atoms with van der Waals surface area (Å²) in [5.41, 5.74) is 0.247. The first-order chi connectivity index (χ1) is 9.00. The van der Waals surface area contributed by atoms with Gasteiger partial charge in [-0.15, -0.1) is 0 Å². The summed E-state index contributed by atoms with van der Waals surface area (Å²) in [5.74, 6) is 0.983. The van der Waals surface area contributed by atoms with E-state index in [1.54, 1.807) is 0 Å². The van der Waals surface area contributed by atoms with Gasteiger partial charge in [0, 0.05) is 32.7 Å². The van der Waals surface area contributed by atoms with Gasteiger partial charge >= 0.3 is 0 Å². The number of carbonyl (C=O) groups excluding carboxylic acids is 1. The fourth-order valence-electron chi connectivity index (χ4n) is 3.03. The van der Waals surface area contributed by atoms with Gasteiger partial charge in [-0.3, -0.25) is 9.69 Å². The van der Waals surface area contributed by atoms with Crippen LogP contribution >= 0.6 is 0 Å². The van der Waals surface area contributed by atoms with Gasteiger partial charge < -0.3 is 10.6 Å². The van der Waals surface area contributed by atoms with E-state index in [0.717, 1.165) is 38.6 Å². The Kier molecular flexibility index (Phi) is 4.85. The fourth-order valence-corrected chi connectivity index (χ4v) is 3.03. The largest absolute Gasteiger partial charge is 0.354 e. The molecule has 1 atom stereocenters. The molecule has 1 unspecified atom stereocenters. The first-order valence-corrected chi connectivity index (χ1v) is 7.73. The lowest BCUT2D eigenvalue weighted by atomic mass is 9.67. The zero-order chi connectivity index (χ0) is 13.9. The molecule has 110 valence electrons. The Labute approximate surface area is 117 Å². The highest BCUT2D eigenvalue weighted by molar-refractivity contribution is 5.81. The summed E-state index contributed by atoms with van der Waals surface area (Å²) in [6, 6.07) is -0.000657. The second-order valence-corrected chi connectivity index (χ2v) is 6.80. The van der Waals surface area contributed by atoms with E-state index in [1.165, 1.54) is 19.3 Å². The van der Waals surface area contributed by atoms with E-state index >= 15 is 0 Å². The van der Waals surface area contributed by atoms with Crippen molar-refractivity contribution >= 4 is 5.91 Å². The lowest BCUT2D eigenvalue weighted by Gasteiger charge is -2.41. The smallest absolute Gasteiger partial charge is 0.237 e. The van der Waals surface area contributed by atoms with E-state index in [-0.39, 0.29) is 17.4 Å². The summed E-state index contributed by atoms with van der Waals surface area (Å²) < 4.78 is 0. The van der Waals surface area contributed by atoms with Crippen LogP contribution in [-0.4, -0.2) is 49.6 Å². The van der Waals surface area contributed by atoms with Crippen molar-refractivity contribution in [2.75, 3.05) is 32.7 Å². The molecule has 1 saturated carbocycles. The molecular formula is C15H29N3O. The van der Waals surface area contributed by atoms with Crippen molar-refractivity contribution in [1.29, 1.82) is 0 Å². The number of nitrogens with one attached hydrogen (secondary N) is 2. The highest BCUT2D eigenvalue weighted by atomic mass is 16.2. The van der Waals surface area contributed by atoms with Gasteiger partial charge in [-0.05, 0) is 31.1 Å². The summed E-state index contributed by atoms with van der Waals surface area (Å²) >= 11 is 0.